The van der Waals surface area contributed by atoms with E-state index in [0.717, 1.165) is 36.1 Å². The fourth-order valence-electron chi connectivity index (χ4n) is 3.91. The number of sulfone groups is 1. The van der Waals surface area contributed by atoms with Gasteiger partial charge in [0.1, 0.15) is 0 Å². The van der Waals surface area contributed by atoms with Crippen LogP contribution in [-0.4, -0.2) is 45.5 Å². The lowest BCUT2D eigenvalue weighted by molar-refractivity contribution is 0.398. The molecule has 0 fully saturated rings. The molecule has 32 heavy (non-hydrogen) atoms. The maximum absolute atomic E-state index is 12.8. The third kappa shape index (κ3) is 3.50. The Kier molecular flexibility index (Phi) is 4.89. The number of aromatic amines is 1. The number of pyridine rings is 1. The van der Waals surface area contributed by atoms with E-state index in [0.29, 0.717) is 5.88 Å². The Balaban J connectivity index is 1.54. The van der Waals surface area contributed by atoms with Crippen molar-refractivity contribution in [2.45, 2.75) is 29.4 Å². The second-order valence-corrected chi connectivity index (χ2v) is 9.30. The van der Waals surface area contributed by atoms with Crippen LogP contribution in [0.2, 0.25) is 0 Å². The molecule has 0 aliphatic heterocycles. The number of nitrogens with one attached hydrogen (secondary N) is 2. The van der Waals surface area contributed by atoms with Gasteiger partial charge in [0.05, 0.1) is 12.8 Å². The third-order valence-electron chi connectivity index (χ3n) is 5.46. The van der Waals surface area contributed by atoms with E-state index in [-0.39, 0.29) is 16.1 Å². The van der Waals surface area contributed by atoms with Gasteiger partial charge in [0.2, 0.25) is 11.8 Å². The largest absolute Gasteiger partial charge is 0.481 e. The number of H-pyrrole nitrogens is 1. The second kappa shape index (κ2) is 7.75. The molecule has 1 aromatic carbocycles. The van der Waals surface area contributed by atoms with Gasteiger partial charge in [-0.15, -0.1) is 5.10 Å². The number of aromatic nitrogens is 6. The van der Waals surface area contributed by atoms with Crippen LogP contribution in [0.1, 0.15) is 17.5 Å². The fourth-order valence-corrected chi connectivity index (χ4v) is 4.96. The number of rotatable bonds is 6. The monoisotopic (exact) mass is 451 g/mol. The standard InChI is InChI=1S/C21H21N7O3S/c1-28-11-9-18(27-28)32(29,30)21-24-20(25-26-21)23-19-15-5-3-4-13(15)6-7-16(19)14-8-10-22-17(12-14)31-2/h6-12H,3-5H2,1-2H3,(H2,23,24,25,26). The number of methoxy groups -OCH3 is 1. The predicted octanol–water partition coefficient (Wildman–Crippen LogP) is 2.67. The van der Waals surface area contributed by atoms with Crippen molar-refractivity contribution in [3.8, 4) is 17.0 Å². The number of fused-ring (bicyclic) bond motifs is 1. The predicted molar refractivity (Wildman–Crippen MR) is 117 cm³/mol. The topological polar surface area (TPSA) is 128 Å². The fraction of sp³-hybridized carbons (Fsp3) is 0.238. The second-order valence-electron chi connectivity index (χ2n) is 7.49. The third-order valence-corrected chi connectivity index (χ3v) is 6.92. The van der Waals surface area contributed by atoms with Crippen molar-refractivity contribution in [3.05, 3.63) is 53.9 Å². The number of benzene rings is 1. The maximum Gasteiger partial charge on any atom is 0.260 e. The Morgan fingerprint density at radius 3 is 2.84 bits per heavy atom. The van der Waals surface area contributed by atoms with E-state index >= 15 is 0 Å². The molecule has 0 amide bonds. The van der Waals surface area contributed by atoms with Crippen molar-refractivity contribution >= 4 is 21.5 Å². The first kappa shape index (κ1) is 20.2. The van der Waals surface area contributed by atoms with E-state index in [2.05, 4.69) is 36.6 Å². The number of hydrogen-bond donors (Lipinski definition) is 2. The molecule has 10 nitrogen and oxygen atoms in total. The molecule has 0 radical (unpaired) electrons. The van der Waals surface area contributed by atoms with Crippen molar-refractivity contribution in [2.75, 3.05) is 12.4 Å². The number of nitrogens with zero attached hydrogens (tertiary/aromatic N) is 5. The van der Waals surface area contributed by atoms with Crippen LogP contribution < -0.4 is 10.1 Å². The summed E-state index contributed by atoms with van der Waals surface area (Å²) in [5.74, 6) is 0.678. The Hall–Kier alpha value is -3.73. The molecule has 0 unspecified atom stereocenters. The van der Waals surface area contributed by atoms with Crippen LogP contribution in [0.3, 0.4) is 0 Å². The lowest BCUT2D eigenvalue weighted by atomic mass is 9.98. The first-order chi connectivity index (χ1) is 15.5. The van der Waals surface area contributed by atoms with Crippen molar-refractivity contribution in [1.82, 2.24) is 29.9 Å². The highest BCUT2D eigenvalue weighted by atomic mass is 32.2. The highest BCUT2D eigenvalue weighted by molar-refractivity contribution is 7.91. The SMILES string of the molecule is COc1cc(-c2ccc3c(c2Nc2n[nH]c(S(=O)(=O)c4ccn(C)n4)n2)CCC3)ccn1. The van der Waals surface area contributed by atoms with E-state index < -0.39 is 9.84 Å². The smallest absolute Gasteiger partial charge is 0.260 e. The zero-order chi connectivity index (χ0) is 22.3. The highest BCUT2D eigenvalue weighted by Crippen LogP contribution is 2.39. The van der Waals surface area contributed by atoms with Gasteiger partial charge in [-0.3, -0.25) is 4.68 Å². The van der Waals surface area contributed by atoms with Gasteiger partial charge < -0.3 is 10.1 Å². The quantitative estimate of drug-likeness (QED) is 0.458. The molecule has 11 heteroatoms. The van der Waals surface area contributed by atoms with Crippen LogP contribution >= 0.6 is 0 Å². The minimum absolute atomic E-state index is 0.0899. The van der Waals surface area contributed by atoms with Crippen molar-refractivity contribution in [3.63, 3.8) is 0 Å². The molecule has 1 aliphatic carbocycles. The molecule has 0 saturated carbocycles. The van der Waals surface area contributed by atoms with Crippen LogP contribution in [0.5, 0.6) is 5.88 Å². The zero-order valence-corrected chi connectivity index (χ0v) is 18.3. The minimum atomic E-state index is -3.90. The molecule has 0 bridgehead atoms. The van der Waals surface area contributed by atoms with E-state index in [1.807, 2.05) is 18.2 Å². The van der Waals surface area contributed by atoms with Gasteiger partial charge in [0.25, 0.3) is 15.0 Å². The van der Waals surface area contributed by atoms with E-state index in [4.69, 9.17) is 4.74 Å². The summed E-state index contributed by atoms with van der Waals surface area (Å²) in [5, 5.41) is 13.5. The number of ether oxygens (including phenoxy) is 1. The van der Waals surface area contributed by atoms with Crippen molar-refractivity contribution in [1.29, 1.82) is 0 Å². The summed E-state index contributed by atoms with van der Waals surface area (Å²) < 4.78 is 32.3. The molecule has 0 atom stereocenters. The molecule has 2 N–H and O–H groups in total. The Labute approximate surface area is 184 Å². The molecule has 5 rings (SSSR count). The van der Waals surface area contributed by atoms with E-state index in [1.165, 1.54) is 21.9 Å². The van der Waals surface area contributed by atoms with E-state index in [1.54, 1.807) is 26.6 Å². The van der Waals surface area contributed by atoms with Gasteiger partial charge in [-0.25, -0.2) is 18.5 Å². The van der Waals surface area contributed by atoms with Crippen LogP contribution in [0.4, 0.5) is 11.6 Å². The average molecular weight is 452 g/mol. The number of anilines is 2. The van der Waals surface area contributed by atoms with Crippen LogP contribution in [0.25, 0.3) is 11.1 Å². The van der Waals surface area contributed by atoms with Gasteiger partial charge in [-0.05, 0) is 48.1 Å². The van der Waals surface area contributed by atoms with Gasteiger partial charge >= 0.3 is 0 Å². The molecule has 1 aliphatic rings. The maximum atomic E-state index is 12.8. The lowest BCUT2D eigenvalue weighted by Gasteiger charge is -2.15. The first-order valence-corrected chi connectivity index (χ1v) is 11.5. The summed E-state index contributed by atoms with van der Waals surface area (Å²) in [4.78, 5) is 8.39. The summed E-state index contributed by atoms with van der Waals surface area (Å²) in [6, 6.07) is 9.35. The van der Waals surface area contributed by atoms with Crippen LogP contribution in [0.15, 0.2) is 52.9 Å². The van der Waals surface area contributed by atoms with Gasteiger partial charge in [0.15, 0.2) is 5.03 Å². The molecule has 3 heterocycles. The molecular formula is C21H21N7O3S. The van der Waals surface area contributed by atoms with Gasteiger partial charge in [0, 0.05) is 31.1 Å². The minimum Gasteiger partial charge on any atom is -0.481 e. The summed E-state index contributed by atoms with van der Waals surface area (Å²) in [5.41, 5.74) is 5.15. The van der Waals surface area contributed by atoms with Crippen molar-refractivity contribution < 1.29 is 13.2 Å². The Morgan fingerprint density at radius 1 is 1.19 bits per heavy atom. The molecule has 3 aromatic heterocycles. The summed E-state index contributed by atoms with van der Waals surface area (Å²) in [7, 11) is -0.673. The van der Waals surface area contributed by atoms with Gasteiger partial charge in [-0.1, -0.05) is 12.1 Å². The lowest BCUT2D eigenvalue weighted by Crippen LogP contribution is -2.06. The number of aryl methyl sites for hydroxylation is 2. The van der Waals surface area contributed by atoms with Gasteiger partial charge in [-0.2, -0.15) is 10.1 Å². The Morgan fingerprint density at radius 2 is 2.06 bits per heavy atom. The molecule has 4 aromatic rings. The Bertz CT molecular complexity index is 1410. The first-order valence-electron chi connectivity index (χ1n) is 10.0. The molecular weight excluding hydrogens is 430 g/mol. The normalized spacial score (nSPS) is 13.2. The summed E-state index contributed by atoms with van der Waals surface area (Å²) in [6.45, 7) is 0. The van der Waals surface area contributed by atoms with Crippen LogP contribution in [-0.2, 0) is 29.7 Å². The molecule has 164 valence electrons. The molecule has 0 spiro atoms. The van der Waals surface area contributed by atoms with Crippen molar-refractivity contribution in [2.24, 2.45) is 7.05 Å². The van der Waals surface area contributed by atoms with Crippen LogP contribution in [0, 0.1) is 0 Å². The highest BCUT2D eigenvalue weighted by Gasteiger charge is 2.26. The van der Waals surface area contributed by atoms with E-state index in [9.17, 15) is 8.42 Å². The number of hydrogen-bond acceptors (Lipinski definition) is 8. The summed E-state index contributed by atoms with van der Waals surface area (Å²) in [6.07, 6.45) is 6.22. The average Bonchev–Trinajstić information content (AvgIpc) is 3.55. The zero-order valence-electron chi connectivity index (χ0n) is 17.5. The molecule has 0 saturated heterocycles. The summed E-state index contributed by atoms with van der Waals surface area (Å²) >= 11 is 0.